The Kier molecular flexibility index (Phi) is 3.17. The van der Waals surface area contributed by atoms with Crippen LogP contribution in [0, 0.1) is 5.82 Å². The zero-order valence-electron chi connectivity index (χ0n) is 8.76. The molecule has 0 radical (unpaired) electrons. The minimum absolute atomic E-state index is 0.0439. The predicted octanol–water partition coefficient (Wildman–Crippen LogP) is 2.44. The van der Waals surface area contributed by atoms with Crippen LogP contribution in [0.2, 0.25) is 0 Å². The zero-order chi connectivity index (χ0) is 12.5. The summed E-state index contributed by atoms with van der Waals surface area (Å²) in [5.74, 6) is -0.828. The zero-order valence-corrected chi connectivity index (χ0v) is 10.4. The van der Waals surface area contributed by atoms with E-state index in [0.29, 0.717) is 0 Å². The van der Waals surface area contributed by atoms with Crippen molar-refractivity contribution in [2.45, 2.75) is 10.6 Å². The van der Waals surface area contributed by atoms with Crippen molar-refractivity contribution in [3.05, 3.63) is 46.4 Å². The van der Waals surface area contributed by atoms with Crippen molar-refractivity contribution in [3.8, 4) is 0 Å². The van der Waals surface area contributed by atoms with Gasteiger partial charge in [0.05, 0.1) is 16.3 Å². The van der Waals surface area contributed by atoms with E-state index in [1.54, 1.807) is 17.5 Å². The lowest BCUT2D eigenvalue weighted by atomic mass is 10.3. The molecule has 0 spiro atoms. The Morgan fingerprint density at radius 2 is 2.06 bits per heavy atom. The first kappa shape index (κ1) is 12.1. The van der Waals surface area contributed by atoms with Crippen molar-refractivity contribution in [3.63, 3.8) is 0 Å². The van der Waals surface area contributed by atoms with Crippen LogP contribution in [0.4, 0.5) is 10.1 Å². The number of nitrogen functional groups attached to an aromatic ring is 1. The van der Waals surface area contributed by atoms with Gasteiger partial charge in [0.2, 0.25) is 0 Å². The van der Waals surface area contributed by atoms with Gasteiger partial charge in [-0.3, -0.25) is 0 Å². The number of sulfone groups is 1. The van der Waals surface area contributed by atoms with Crippen molar-refractivity contribution >= 4 is 26.9 Å². The molecule has 0 saturated heterocycles. The second-order valence-electron chi connectivity index (χ2n) is 3.52. The fraction of sp³-hybridized carbons (Fsp3) is 0.0909. The maximum absolute atomic E-state index is 13.2. The average Bonchev–Trinajstić information content (AvgIpc) is 2.73. The fourth-order valence-electron chi connectivity index (χ4n) is 1.37. The minimum atomic E-state index is -3.51. The van der Waals surface area contributed by atoms with Crippen LogP contribution in [0.3, 0.4) is 0 Å². The highest BCUT2D eigenvalue weighted by molar-refractivity contribution is 7.90. The molecular weight excluding hydrogens is 261 g/mol. The van der Waals surface area contributed by atoms with Gasteiger partial charge in [0.1, 0.15) is 5.82 Å². The molecule has 0 bridgehead atoms. The highest BCUT2D eigenvalue weighted by Gasteiger charge is 2.17. The Morgan fingerprint density at radius 1 is 1.29 bits per heavy atom. The number of hydrogen-bond acceptors (Lipinski definition) is 4. The summed E-state index contributed by atoms with van der Waals surface area (Å²) in [6.07, 6.45) is 0. The molecular formula is C11H10FNO2S2. The molecule has 0 aliphatic carbocycles. The summed E-state index contributed by atoms with van der Waals surface area (Å²) in [4.78, 5) is 0.680. The molecule has 0 atom stereocenters. The molecule has 2 rings (SSSR count). The molecule has 3 nitrogen and oxygen atoms in total. The topological polar surface area (TPSA) is 60.2 Å². The van der Waals surface area contributed by atoms with Crippen LogP contribution in [0.15, 0.2) is 40.6 Å². The molecule has 2 N–H and O–H groups in total. The van der Waals surface area contributed by atoms with Gasteiger partial charge in [-0.15, -0.1) is 11.3 Å². The number of benzene rings is 1. The molecule has 0 aliphatic heterocycles. The first-order valence-corrected chi connectivity index (χ1v) is 7.32. The SMILES string of the molecule is Nc1ccc(S(=O)(=O)Cc2cccs2)cc1F. The summed E-state index contributed by atoms with van der Waals surface area (Å²) < 4.78 is 37.1. The lowest BCUT2D eigenvalue weighted by Crippen LogP contribution is -2.05. The predicted molar refractivity (Wildman–Crippen MR) is 66.0 cm³/mol. The van der Waals surface area contributed by atoms with E-state index in [1.807, 2.05) is 0 Å². The van der Waals surface area contributed by atoms with E-state index in [2.05, 4.69) is 0 Å². The summed E-state index contributed by atoms with van der Waals surface area (Å²) in [6.45, 7) is 0. The van der Waals surface area contributed by atoms with Crippen LogP contribution in [0.5, 0.6) is 0 Å². The second kappa shape index (κ2) is 4.46. The van der Waals surface area contributed by atoms with Crippen LogP contribution in [0.25, 0.3) is 0 Å². The van der Waals surface area contributed by atoms with E-state index in [-0.39, 0.29) is 16.3 Å². The first-order valence-electron chi connectivity index (χ1n) is 4.79. The molecule has 0 aliphatic rings. The lowest BCUT2D eigenvalue weighted by Gasteiger charge is -2.04. The summed E-state index contributed by atoms with van der Waals surface area (Å²) in [7, 11) is -3.51. The van der Waals surface area contributed by atoms with E-state index in [9.17, 15) is 12.8 Å². The van der Waals surface area contributed by atoms with Gasteiger partial charge < -0.3 is 5.73 Å². The van der Waals surface area contributed by atoms with Gasteiger partial charge in [0, 0.05) is 4.88 Å². The second-order valence-corrected chi connectivity index (χ2v) is 6.54. The highest BCUT2D eigenvalue weighted by Crippen LogP contribution is 2.22. The Labute approximate surface area is 103 Å². The molecule has 0 amide bonds. The van der Waals surface area contributed by atoms with Gasteiger partial charge >= 0.3 is 0 Å². The van der Waals surface area contributed by atoms with Gasteiger partial charge in [-0.25, -0.2) is 12.8 Å². The molecule has 1 aromatic carbocycles. The van der Waals surface area contributed by atoms with Crippen LogP contribution >= 0.6 is 11.3 Å². The van der Waals surface area contributed by atoms with Crippen molar-refractivity contribution in [2.24, 2.45) is 0 Å². The van der Waals surface area contributed by atoms with E-state index in [0.717, 1.165) is 10.9 Å². The molecule has 0 unspecified atom stereocenters. The van der Waals surface area contributed by atoms with Crippen LogP contribution in [0.1, 0.15) is 4.88 Å². The molecule has 17 heavy (non-hydrogen) atoms. The van der Waals surface area contributed by atoms with E-state index < -0.39 is 15.7 Å². The normalized spacial score (nSPS) is 11.6. The average molecular weight is 271 g/mol. The molecule has 0 saturated carbocycles. The smallest absolute Gasteiger partial charge is 0.183 e. The number of halogens is 1. The van der Waals surface area contributed by atoms with Crippen LogP contribution < -0.4 is 5.73 Å². The summed E-state index contributed by atoms with van der Waals surface area (Å²) >= 11 is 1.35. The van der Waals surface area contributed by atoms with Crippen LogP contribution in [-0.4, -0.2) is 8.42 Å². The van der Waals surface area contributed by atoms with E-state index in [4.69, 9.17) is 5.73 Å². The van der Waals surface area contributed by atoms with Crippen LogP contribution in [-0.2, 0) is 15.6 Å². The van der Waals surface area contributed by atoms with E-state index in [1.165, 1.54) is 23.5 Å². The monoisotopic (exact) mass is 271 g/mol. The standard InChI is InChI=1S/C11H10FNO2S2/c12-10-6-9(3-4-11(10)13)17(14,15)7-8-2-1-5-16-8/h1-6H,7,13H2. The summed E-state index contributed by atoms with van der Waals surface area (Å²) in [5.41, 5.74) is 5.24. The number of nitrogens with two attached hydrogens (primary N) is 1. The third-order valence-electron chi connectivity index (χ3n) is 2.24. The van der Waals surface area contributed by atoms with Gasteiger partial charge in [0.15, 0.2) is 9.84 Å². The van der Waals surface area contributed by atoms with E-state index >= 15 is 0 Å². The largest absolute Gasteiger partial charge is 0.396 e. The Morgan fingerprint density at radius 3 is 2.65 bits per heavy atom. The Balaban J connectivity index is 2.35. The first-order chi connectivity index (χ1) is 7.99. The number of hydrogen-bond donors (Lipinski definition) is 1. The highest BCUT2D eigenvalue weighted by atomic mass is 32.2. The number of rotatable bonds is 3. The number of thiophene rings is 1. The molecule has 6 heteroatoms. The third kappa shape index (κ3) is 2.65. The summed E-state index contributed by atoms with van der Waals surface area (Å²) in [6, 6.07) is 7.05. The van der Waals surface area contributed by atoms with Gasteiger partial charge in [-0.1, -0.05) is 6.07 Å². The van der Waals surface area contributed by atoms with Crippen molar-refractivity contribution in [1.82, 2.24) is 0 Å². The third-order valence-corrected chi connectivity index (χ3v) is 4.97. The fourth-order valence-corrected chi connectivity index (χ4v) is 3.79. The number of anilines is 1. The molecule has 90 valence electrons. The van der Waals surface area contributed by atoms with Gasteiger partial charge in [-0.05, 0) is 29.6 Å². The van der Waals surface area contributed by atoms with Crippen molar-refractivity contribution in [1.29, 1.82) is 0 Å². The maximum atomic E-state index is 13.2. The molecule has 0 fully saturated rings. The maximum Gasteiger partial charge on any atom is 0.183 e. The summed E-state index contributed by atoms with van der Waals surface area (Å²) in [5, 5.41) is 1.80. The lowest BCUT2D eigenvalue weighted by molar-refractivity contribution is 0.591. The minimum Gasteiger partial charge on any atom is -0.396 e. The van der Waals surface area contributed by atoms with Gasteiger partial charge in [0.25, 0.3) is 0 Å². The molecule has 1 aromatic heterocycles. The Hall–Kier alpha value is -1.40. The molecule has 1 heterocycles. The quantitative estimate of drug-likeness (QED) is 0.872. The Bertz CT molecular complexity index is 621. The van der Waals surface area contributed by atoms with Gasteiger partial charge in [-0.2, -0.15) is 0 Å². The molecule has 2 aromatic rings. The van der Waals surface area contributed by atoms with Crippen molar-refractivity contribution in [2.75, 3.05) is 5.73 Å². The van der Waals surface area contributed by atoms with Crippen molar-refractivity contribution < 1.29 is 12.8 Å².